The van der Waals surface area contributed by atoms with Crippen molar-refractivity contribution < 1.29 is 13.2 Å². The van der Waals surface area contributed by atoms with E-state index in [9.17, 15) is 8.42 Å². The average molecular weight is 353 g/mol. The molecule has 2 heterocycles. The summed E-state index contributed by atoms with van der Waals surface area (Å²) in [5.41, 5.74) is 1.71. The van der Waals surface area contributed by atoms with Crippen LogP contribution in [0.3, 0.4) is 0 Å². The van der Waals surface area contributed by atoms with Gasteiger partial charge in [-0.3, -0.25) is 4.90 Å². The third kappa shape index (κ3) is 3.31. The number of aryl methyl sites for hydroxylation is 2. The van der Waals surface area contributed by atoms with Crippen LogP contribution in [-0.4, -0.2) is 70.0 Å². The second kappa shape index (κ2) is 7.00. The van der Waals surface area contributed by atoms with E-state index in [1.54, 1.807) is 23.5 Å². The molecule has 7 heteroatoms. The number of nitrogens with one attached hydrogen (secondary N) is 1. The highest BCUT2D eigenvalue weighted by Crippen LogP contribution is 2.30. The van der Waals surface area contributed by atoms with Crippen LogP contribution in [0.25, 0.3) is 0 Å². The Kier molecular flexibility index (Phi) is 5.15. The topological polar surface area (TPSA) is 61.9 Å². The molecule has 6 nitrogen and oxygen atoms in total. The van der Waals surface area contributed by atoms with Gasteiger partial charge in [0, 0.05) is 45.3 Å². The minimum atomic E-state index is -3.44. The van der Waals surface area contributed by atoms with Gasteiger partial charge in [0.15, 0.2) is 0 Å². The first-order valence-corrected chi connectivity index (χ1v) is 9.97. The van der Waals surface area contributed by atoms with Gasteiger partial charge in [0.05, 0.1) is 12.0 Å². The number of methoxy groups -OCH3 is 1. The van der Waals surface area contributed by atoms with Gasteiger partial charge in [-0.05, 0) is 43.5 Å². The molecule has 24 heavy (non-hydrogen) atoms. The molecule has 1 aromatic rings. The molecule has 1 N–H and O–H groups in total. The number of hydrogen-bond acceptors (Lipinski definition) is 5. The van der Waals surface area contributed by atoms with Crippen LogP contribution in [0.5, 0.6) is 5.75 Å². The number of hydrogen-bond donors (Lipinski definition) is 1. The summed E-state index contributed by atoms with van der Waals surface area (Å²) in [6, 6.07) is 3.78. The molecule has 0 aromatic heterocycles. The van der Waals surface area contributed by atoms with E-state index >= 15 is 0 Å². The smallest absolute Gasteiger partial charge is 0.243 e. The Labute approximate surface area is 144 Å². The van der Waals surface area contributed by atoms with Gasteiger partial charge >= 0.3 is 0 Å². The van der Waals surface area contributed by atoms with Crippen molar-refractivity contribution in [3.63, 3.8) is 0 Å². The van der Waals surface area contributed by atoms with Crippen LogP contribution < -0.4 is 10.1 Å². The minimum absolute atomic E-state index is 0.335. The summed E-state index contributed by atoms with van der Waals surface area (Å²) in [6.45, 7) is 8.93. The minimum Gasteiger partial charge on any atom is -0.496 e. The highest BCUT2D eigenvalue weighted by Gasteiger charge is 2.35. The molecule has 1 aromatic carbocycles. The molecule has 0 bridgehead atoms. The van der Waals surface area contributed by atoms with Gasteiger partial charge in [0.2, 0.25) is 10.0 Å². The monoisotopic (exact) mass is 353 g/mol. The van der Waals surface area contributed by atoms with E-state index in [4.69, 9.17) is 4.74 Å². The fraction of sp³-hybridized carbons (Fsp3) is 0.647. The van der Waals surface area contributed by atoms with Gasteiger partial charge in [0.25, 0.3) is 0 Å². The number of sulfonamides is 1. The standard InChI is InChI=1S/C17H27N3O3S/c1-13-10-16(11-14(2)17(13)23-3)24(21,22)20-7-4-15(12-20)19-8-5-18-6-9-19/h10-11,15,18H,4-9,12H2,1-3H3. The van der Waals surface area contributed by atoms with Gasteiger partial charge in [0.1, 0.15) is 5.75 Å². The quantitative estimate of drug-likeness (QED) is 0.874. The SMILES string of the molecule is COc1c(C)cc(S(=O)(=O)N2CCC(N3CCNCC3)C2)cc1C. The summed E-state index contributed by atoms with van der Waals surface area (Å²) in [7, 11) is -1.83. The first-order chi connectivity index (χ1) is 11.4. The van der Waals surface area contributed by atoms with Crippen molar-refractivity contribution in [2.45, 2.75) is 31.2 Å². The highest BCUT2D eigenvalue weighted by atomic mass is 32.2. The molecular weight excluding hydrogens is 326 g/mol. The summed E-state index contributed by atoms with van der Waals surface area (Å²) in [4.78, 5) is 2.79. The average Bonchev–Trinajstić information content (AvgIpc) is 3.06. The van der Waals surface area contributed by atoms with Crippen molar-refractivity contribution in [2.75, 3.05) is 46.4 Å². The number of piperazine rings is 1. The molecule has 2 fully saturated rings. The van der Waals surface area contributed by atoms with Crippen LogP contribution in [0.15, 0.2) is 17.0 Å². The number of rotatable bonds is 4. The fourth-order valence-corrected chi connectivity index (χ4v) is 5.47. The van der Waals surface area contributed by atoms with E-state index in [0.29, 0.717) is 24.0 Å². The molecule has 1 unspecified atom stereocenters. The van der Waals surface area contributed by atoms with E-state index < -0.39 is 10.0 Å². The predicted octanol–water partition coefficient (Wildman–Crippen LogP) is 0.980. The van der Waals surface area contributed by atoms with Crippen LogP contribution in [-0.2, 0) is 10.0 Å². The van der Waals surface area contributed by atoms with E-state index in [0.717, 1.165) is 49.5 Å². The molecule has 1 atom stereocenters. The van der Waals surface area contributed by atoms with Crippen molar-refractivity contribution in [1.29, 1.82) is 0 Å². The van der Waals surface area contributed by atoms with Crippen LogP contribution >= 0.6 is 0 Å². The Balaban J connectivity index is 1.79. The summed E-state index contributed by atoms with van der Waals surface area (Å²) >= 11 is 0. The van der Waals surface area contributed by atoms with Crippen LogP contribution in [0.1, 0.15) is 17.5 Å². The van der Waals surface area contributed by atoms with Gasteiger partial charge in [-0.2, -0.15) is 4.31 Å². The second-order valence-electron chi connectivity index (χ2n) is 6.68. The van der Waals surface area contributed by atoms with Crippen molar-refractivity contribution in [3.05, 3.63) is 23.3 Å². The number of ether oxygens (including phenoxy) is 1. The maximum atomic E-state index is 13.0. The lowest BCUT2D eigenvalue weighted by Crippen LogP contribution is -2.49. The zero-order valence-corrected chi connectivity index (χ0v) is 15.5. The Morgan fingerprint density at radius 1 is 1.12 bits per heavy atom. The van der Waals surface area contributed by atoms with E-state index in [1.807, 2.05) is 13.8 Å². The maximum absolute atomic E-state index is 13.0. The molecule has 2 saturated heterocycles. The van der Waals surface area contributed by atoms with E-state index in [2.05, 4.69) is 10.2 Å². The maximum Gasteiger partial charge on any atom is 0.243 e. The van der Waals surface area contributed by atoms with Crippen LogP contribution in [0.2, 0.25) is 0 Å². The first-order valence-electron chi connectivity index (χ1n) is 8.53. The van der Waals surface area contributed by atoms with E-state index in [1.165, 1.54) is 0 Å². The van der Waals surface area contributed by atoms with Crippen LogP contribution in [0, 0.1) is 13.8 Å². The lowest BCUT2D eigenvalue weighted by atomic mass is 10.1. The van der Waals surface area contributed by atoms with Crippen molar-refractivity contribution >= 4 is 10.0 Å². The van der Waals surface area contributed by atoms with Crippen molar-refractivity contribution in [2.24, 2.45) is 0 Å². The van der Waals surface area contributed by atoms with Gasteiger partial charge in [-0.25, -0.2) is 8.42 Å². The largest absolute Gasteiger partial charge is 0.496 e. The number of benzene rings is 1. The molecule has 2 aliphatic rings. The summed E-state index contributed by atoms with van der Waals surface area (Å²) in [5.74, 6) is 0.758. The Morgan fingerprint density at radius 3 is 2.33 bits per heavy atom. The Bertz CT molecular complexity index is 676. The summed E-state index contributed by atoms with van der Waals surface area (Å²) in [6.07, 6.45) is 0.910. The normalized spacial score (nSPS) is 23.5. The lowest BCUT2D eigenvalue weighted by Gasteiger charge is -2.32. The summed E-state index contributed by atoms with van der Waals surface area (Å²) < 4.78 is 33.0. The van der Waals surface area contributed by atoms with Gasteiger partial charge in [-0.1, -0.05) is 0 Å². The molecule has 0 radical (unpaired) electrons. The van der Waals surface area contributed by atoms with Gasteiger partial charge in [-0.15, -0.1) is 0 Å². The first kappa shape index (κ1) is 17.7. The van der Waals surface area contributed by atoms with Crippen molar-refractivity contribution in [3.8, 4) is 5.75 Å². The van der Waals surface area contributed by atoms with Crippen LogP contribution in [0.4, 0.5) is 0 Å². The third-order valence-corrected chi connectivity index (χ3v) is 6.91. The Morgan fingerprint density at radius 2 is 1.75 bits per heavy atom. The van der Waals surface area contributed by atoms with Gasteiger partial charge < -0.3 is 10.1 Å². The molecule has 0 spiro atoms. The molecule has 0 aliphatic carbocycles. The van der Waals surface area contributed by atoms with E-state index in [-0.39, 0.29) is 0 Å². The Hall–Kier alpha value is -1.15. The third-order valence-electron chi connectivity index (χ3n) is 5.07. The molecule has 2 aliphatic heterocycles. The summed E-state index contributed by atoms with van der Waals surface area (Å²) in [5, 5.41) is 3.34. The van der Waals surface area contributed by atoms with Crippen molar-refractivity contribution in [1.82, 2.24) is 14.5 Å². The fourth-order valence-electron chi connectivity index (χ4n) is 3.80. The zero-order valence-electron chi connectivity index (χ0n) is 14.7. The lowest BCUT2D eigenvalue weighted by molar-refractivity contribution is 0.179. The molecule has 3 rings (SSSR count). The molecule has 0 amide bonds. The molecule has 0 saturated carbocycles. The molecular formula is C17H27N3O3S. The highest BCUT2D eigenvalue weighted by molar-refractivity contribution is 7.89. The second-order valence-corrected chi connectivity index (χ2v) is 8.62. The zero-order chi connectivity index (χ0) is 17.3. The molecule has 134 valence electrons. The number of nitrogens with zero attached hydrogens (tertiary/aromatic N) is 2. The predicted molar refractivity (Wildman–Crippen MR) is 94.1 cm³/mol.